The largest absolute Gasteiger partial charge is 0.493 e. The molecule has 1 amide bonds. The smallest absolute Gasteiger partial charge is 0.416 e. The number of rotatable bonds is 7. The average molecular weight is 511 g/mol. The zero-order chi connectivity index (χ0) is 25.4. The van der Waals surface area contributed by atoms with Gasteiger partial charge in [0.2, 0.25) is 0 Å². The molecule has 2 aromatic rings. The Hall–Kier alpha value is -2.93. The number of nitrogens with one attached hydrogen (secondary N) is 1. The third-order valence-electron chi connectivity index (χ3n) is 5.56. The second kappa shape index (κ2) is 12.2. The van der Waals surface area contributed by atoms with Crippen molar-refractivity contribution in [2.24, 2.45) is 0 Å². The first-order valence-electron chi connectivity index (χ1n) is 11.0. The molecule has 188 valence electrons. The van der Waals surface area contributed by atoms with Crippen LogP contribution in [0.3, 0.4) is 0 Å². The molecule has 2 aromatic carbocycles. The highest BCUT2D eigenvalue weighted by Gasteiger charge is 2.30. The summed E-state index contributed by atoms with van der Waals surface area (Å²) in [6.07, 6.45) is -2.18. The number of hydrogen-bond acceptors (Lipinski definition) is 5. The molecule has 0 unspecified atom stereocenters. The Labute approximate surface area is 207 Å². The first-order chi connectivity index (χ1) is 16.7. The third-order valence-corrected chi connectivity index (χ3v) is 5.87. The number of hydrogen-bond donors (Lipinski definition) is 1. The Kier molecular flexibility index (Phi) is 9.26. The van der Waals surface area contributed by atoms with Crippen molar-refractivity contribution in [2.45, 2.75) is 25.1 Å². The lowest BCUT2D eigenvalue weighted by molar-refractivity contribution is -0.137. The normalized spacial score (nSPS) is 14.7. The molecule has 1 aliphatic heterocycles. The van der Waals surface area contributed by atoms with E-state index < -0.39 is 17.6 Å². The van der Waals surface area contributed by atoms with Crippen molar-refractivity contribution >= 4 is 23.2 Å². The number of anilines is 1. The fraction of sp³-hybridized carbons (Fsp3) is 0.400. The molecule has 0 atom stereocenters. The van der Waals surface area contributed by atoms with E-state index >= 15 is 0 Å². The van der Waals surface area contributed by atoms with Crippen molar-refractivity contribution in [3.8, 4) is 23.3 Å². The van der Waals surface area contributed by atoms with Gasteiger partial charge in [0.25, 0.3) is 0 Å². The van der Waals surface area contributed by atoms with Crippen LogP contribution in [0.2, 0.25) is 5.02 Å². The second-order valence-corrected chi connectivity index (χ2v) is 8.29. The number of carbonyl (C=O) groups is 1. The summed E-state index contributed by atoms with van der Waals surface area (Å²) in [6, 6.07) is 7.69. The predicted molar refractivity (Wildman–Crippen MR) is 127 cm³/mol. The fourth-order valence-electron chi connectivity index (χ4n) is 3.60. The van der Waals surface area contributed by atoms with Crippen LogP contribution in [0.15, 0.2) is 36.4 Å². The molecule has 0 spiro atoms. The summed E-state index contributed by atoms with van der Waals surface area (Å²) >= 11 is 5.87. The summed E-state index contributed by atoms with van der Waals surface area (Å²) in [5.74, 6) is 5.14. The molecule has 1 fully saturated rings. The monoisotopic (exact) mass is 510 g/mol. The number of piperidine rings is 1. The van der Waals surface area contributed by atoms with Gasteiger partial charge in [0.15, 0.2) is 11.5 Å². The maximum Gasteiger partial charge on any atom is 0.416 e. The van der Waals surface area contributed by atoms with E-state index in [0.29, 0.717) is 29.9 Å². The first kappa shape index (κ1) is 26.7. The Morgan fingerprint density at radius 2 is 1.89 bits per heavy atom. The van der Waals surface area contributed by atoms with Crippen molar-refractivity contribution in [2.75, 3.05) is 45.8 Å². The van der Waals surface area contributed by atoms with Gasteiger partial charge in [-0.2, -0.15) is 13.2 Å². The Morgan fingerprint density at radius 1 is 1.14 bits per heavy atom. The van der Waals surface area contributed by atoms with E-state index in [4.69, 9.17) is 25.8 Å². The summed E-state index contributed by atoms with van der Waals surface area (Å²) in [4.78, 5) is 14.5. The third kappa shape index (κ3) is 7.79. The summed E-state index contributed by atoms with van der Waals surface area (Å²) in [5.41, 5.74) is -0.348. The molecule has 10 heteroatoms. The number of benzene rings is 2. The molecule has 0 aromatic heterocycles. The highest BCUT2D eigenvalue weighted by Crippen LogP contribution is 2.32. The minimum atomic E-state index is -4.51. The number of methoxy groups -OCH3 is 2. The maximum absolute atomic E-state index is 12.7. The number of ether oxygens (including phenoxy) is 3. The van der Waals surface area contributed by atoms with Gasteiger partial charge in [-0.1, -0.05) is 17.5 Å². The van der Waals surface area contributed by atoms with Crippen molar-refractivity contribution in [3.63, 3.8) is 0 Å². The Bertz CT molecular complexity index is 1090. The number of alkyl halides is 3. The number of carbonyl (C=O) groups excluding carboxylic acids is 1. The Balaban J connectivity index is 1.55. The summed E-state index contributed by atoms with van der Waals surface area (Å²) in [6.45, 7) is 3.19. The average Bonchev–Trinajstić information content (AvgIpc) is 2.83. The molecule has 1 aliphatic rings. The molecule has 3 rings (SSSR count). The van der Waals surface area contributed by atoms with Crippen molar-refractivity contribution in [1.82, 2.24) is 4.90 Å². The van der Waals surface area contributed by atoms with Crippen molar-refractivity contribution < 1.29 is 32.2 Å². The van der Waals surface area contributed by atoms with E-state index in [1.165, 1.54) is 7.11 Å². The quantitative estimate of drug-likeness (QED) is 0.540. The predicted octanol–water partition coefficient (Wildman–Crippen LogP) is 4.85. The van der Waals surface area contributed by atoms with E-state index in [-0.39, 0.29) is 10.6 Å². The van der Waals surface area contributed by atoms with Crippen molar-refractivity contribution in [1.29, 1.82) is 0 Å². The van der Waals surface area contributed by atoms with Gasteiger partial charge in [-0.3, -0.25) is 9.69 Å². The van der Waals surface area contributed by atoms with Crippen LogP contribution in [0, 0.1) is 11.8 Å². The van der Waals surface area contributed by atoms with Crippen LogP contribution in [0.25, 0.3) is 0 Å². The second-order valence-electron chi connectivity index (χ2n) is 7.89. The van der Waals surface area contributed by atoms with E-state index in [1.54, 1.807) is 25.3 Å². The number of halogens is 4. The lowest BCUT2D eigenvalue weighted by Crippen LogP contribution is -2.38. The number of amides is 1. The molecule has 1 N–H and O–H groups in total. The van der Waals surface area contributed by atoms with Crippen LogP contribution in [-0.4, -0.2) is 57.4 Å². The van der Waals surface area contributed by atoms with Gasteiger partial charge in [-0.15, -0.1) is 0 Å². The van der Waals surface area contributed by atoms with Crippen molar-refractivity contribution in [3.05, 3.63) is 52.5 Å². The lowest BCUT2D eigenvalue weighted by atomic mass is 10.1. The molecule has 1 saturated heterocycles. The number of likely N-dealkylation sites (tertiary alicyclic amines) is 1. The van der Waals surface area contributed by atoms with Crippen LogP contribution in [-0.2, 0) is 15.7 Å². The molecule has 0 radical (unpaired) electrons. The van der Waals surface area contributed by atoms with Gasteiger partial charge in [0.05, 0.1) is 23.8 Å². The topological polar surface area (TPSA) is 60.0 Å². The maximum atomic E-state index is 12.7. The molecule has 0 bridgehead atoms. The van der Waals surface area contributed by atoms with Gasteiger partial charge in [0, 0.05) is 50.0 Å². The zero-order valence-corrected chi connectivity index (χ0v) is 20.1. The highest BCUT2D eigenvalue weighted by molar-refractivity contribution is 6.31. The van der Waals surface area contributed by atoms with E-state index in [2.05, 4.69) is 22.1 Å². The SMILES string of the molecule is COc1cc(NC(=O)C#Cc2ccc(C(F)(F)F)cc2Cl)ccc1OCCN1CCC(OC)CC1. The Morgan fingerprint density at radius 3 is 2.51 bits per heavy atom. The van der Waals surface area contributed by atoms with Gasteiger partial charge in [-0.05, 0) is 43.2 Å². The van der Waals surface area contributed by atoms with Crippen LogP contribution in [0.4, 0.5) is 18.9 Å². The van der Waals surface area contributed by atoms with Crippen LogP contribution in [0.5, 0.6) is 11.5 Å². The van der Waals surface area contributed by atoms with Gasteiger partial charge < -0.3 is 19.5 Å². The minimum Gasteiger partial charge on any atom is -0.493 e. The fourth-order valence-corrected chi connectivity index (χ4v) is 3.82. The molecule has 35 heavy (non-hydrogen) atoms. The molecule has 6 nitrogen and oxygen atoms in total. The molecule has 0 saturated carbocycles. The van der Waals surface area contributed by atoms with E-state index in [9.17, 15) is 18.0 Å². The number of nitrogens with zero attached hydrogens (tertiary/aromatic N) is 1. The van der Waals surface area contributed by atoms with E-state index in [1.807, 2.05) is 0 Å². The lowest BCUT2D eigenvalue weighted by Gasteiger charge is -2.31. The van der Waals surface area contributed by atoms with Crippen LogP contribution < -0.4 is 14.8 Å². The molecular weight excluding hydrogens is 485 g/mol. The van der Waals surface area contributed by atoms with Crippen LogP contribution >= 0.6 is 11.6 Å². The van der Waals surface area contributed by atoms with E-state index in [0.717, 1.165) is 50.7 Å². The minimum absolute atomic E-state index is 0.114. The van der Waals surface area contributed by atoms with Gasteiger partial charge >= 0.3 is 12.1 Å². The van der Waals surface area contributed by atoms with Gasteiger partial charge in [-0.25, -0.2) is 0 Å². The van der Waals surface area contributed by atoms with Crippen LogP contribution in [0.1, 0.15) is 24.0 Å². The zero-order valence-electron chi connectivity index (χ0n) is 19.4. The molecular formula is C25H26ClF3N2O4. The first-order valence-corrected chi connectivity index (χ1v) is 11.3. The summed E-state index contributed by atoms with van der Waals surface area (Å²) < 4.78 is 54.8. The standard InChI is InChI=1S/C25H26ClF3N2O4/c1-33-20-9-11-31(12-10-20)13-14-35-22-7-6-19(16-23(22)34-2)30-24(32)8-4-17-3-5-18(15-21(17)26)25(27,28)29/h3,5-7,15-16,20H,9-14H2,1-2H3,(H,30,32). The molecule has 0 aliphatic carbocycles. The highest BCUT2D eigenvalue weighted by atomic mass is 35.5. The molecule has 1 heterocycles. The van der Waals surface area contributed by atoms with Gasteiger partial charge in [0.1, 0.15) is 6.61 Å². The summed E-state index contributed by atoms with van der Waals surface area (Å²) in [7, 11) is 3.24. The summed E-state index contributed by atoms with van der Waals surface area (Å²) in [5, 5.41) is 2.41.